The van der Waals surface area contributed by atoms with E-state index in [0.29, 0.717) is 13.0 Å². The van der Waals surface area contributed by atoms with Crippen LogP contribution in [-0.4, -0.2) is 30.2 Å². The Hall–Kier alpha value is -2.51. The van der Waals surface area contributed by atoms with Gasteiger partial charge < -0.3 is 0 Å². The van der Waals surface area contributed by atoms with Gasteiger partial charge in [-0.15, -0.1) is 0 Å². The number of allylic oxidation sites excluding steroid dienone is 1. The molecule has 2 aromatic carbocycles. The first-order valence-electron chi connectivity index (χ1n) is 8.39. The van der Waals surface area contributed by atoms with E-state index in [1.807, 2.05) is 30.3 Å². The van der Waals surface area contributed by atoms with Gasteiger partial charge in [-0.25, -0.2) is 8.42 Å². The normalized spacial score (nSPS) is 19.1. The average Bonchev–Trinajstić information content (AvgIpc) is 3.43. The predicted molar refractivity (Wildman–Crippen MR) is 100 cm³/mol. The topological polar surface area (TPSA) is 80.3 Å². The van der Waals surface area contributed by atoms with Gasteiger partial charge in [0.25, 0.3) is 5.69 Å². The molecule has 3 rings (SSSR count). The van der Waals surface area contributed by atoms with Gasteiger partial charge in [-0.2, -0.15) is 4.31 Å². The second-order valence-electron chi connectivity index (χ2n) is 6.32. The van der Waals surface area contributed by atoms with Gasteiger partial charge in [0.1, 0.15) is 0 Å². The molecular weight excluding hydrogens is 352 g/mol. The highest BCUT2D eigenvalue weighted by atomic mass is 32.2. The number of nitro benzene ring substituents is 1. The van der Waals surface area contributed by atoms with Crippen LogP contribution in [0.3, 0.4) is 0 Å². The van der Waals surface area contributed by atoms with Crippen molar-refractivity contribution in [3.8, 4) is 0 Å². The van der Waals surface area contributed by atoms with Crippen molar-refractivity contribution in [3.05, 3.63) is 76.9 Å². The summed E-state index contributed by atoms with van der Waals surface area (Å²) in [7, 11) is -3.82. The van der Waals surface area contributed by atoms with Crippen molar-refractivity contribution in [2.45, 2.75) is 30.2 Å². The molecule has 0 spiro atoms. The van der Waals surface area contributed by atoms with E-state index in [0.717, 1.165) is 24.0 Å². The molecule has 6 nitrogen and oxygen atoms in total. The molecule has 1 aliphatic rings. The summed E-state index contributed by atoms with van der Waals surface area (Å²) in [6.45, 7) is 4.49. The van der Waals surface area contributed by atoms with Crippen molar-refractivity contribution in [1.82, 2.24) is 4.31 Å². The molecule has 1 saturated heterocycles. The van der Waals surface area contributed by atoms with E-state index < -0.39 is 14.9 Å². The van der Waals surface area contributed by atoms with Crippen LogP contribution in [0.4, 0.5) is 5.69 Å². The van der Waals surface area contributed by atoms with Crippen molar-refractivity contribution in [2.24, 2.45) is 0 Å². The molecule has 2 unspecified atom stereocenters. The zero-order valence-electron chi connectivity index (χ0n) is 14.2. The molecule has 0 aromatic heterocycles. The Bertz CT molecular complexity index is 926. The number of para-hydroxylation sites is 1. The minimum atomic E-state index is -3.82. The number of hydrogen-bond acceptors (Lipinski definition) is 4. The van der Waals surface area contributed by atoms with Gasteiger partial charge >= 0.3 is 0 Å². The Labute approximate surface area is 153 Å². The van der Waals surface area contributed by atoms with Crippen LogP contribution < -0.4 is 0 Å². The van der Waals surface area contributed by atoms with Crippen LogP contribution >= 0.6 is 0 Å². The second kappa shape index (κ2) is 7.39. The fraction of sp³-hybridized carbons (Fsp3) is 0.263. The third-order valence-corrected chi connectivity index (χ3v) is 6.48. The summed E-state index contributed by atoms with van der Waals surface area (Å²) in [6, 6.07) is 15.3. The zero-order valence-corrected chi connectivity index (χ0v) is 15.1. The van der Waals surface area contributed by atoms with Gasteiger partial charge in [0.05, 0.1) is 4.92 Å². The maximum Gasteiger partial charge on any atom is 0.289 e. The second-order valence-corrected chi connectivity index (χ2v) is 8.17. The van der Waals surface area contributed by atoms with Gasteiger partial charge in [0.2, 0.25) is 10.0 Å². The van der Waals surface area contributed by atoms with Crippen molar-refractivity contribution >= 4 is 21.3 Å². The lowest BCUT2D eigenvalue weighted by Gasteiger charge is -2.08. The average molecular weight is 372 g/mol. The summed E-state index contributed by atoms with van der Waals surface area (Å²) < 4.78 is 26.6. The number of nitro groups is 1. The Morgan fingerprint density at radius 2 is 1.81 bits per heavy atom. The minimum absolute atomic E-state index is 0.0941. The smallest absolute Gasteiger partial charge is 0.258 e. The molecule has 0 bridgehead atoms. The van der Waals surface area contributed by atoms with Crippen molar-refractivity contribution in [1.29, 1.82) is 0 Å². The third-order valence-electron chi connectivity index (χ3n) is 4.51. The van der Waals surface area contributed by atoms with Gasteiger partial charge in [-0.1, -0.05) is 49.0 Å². The molecule has 0 radical (unpaired) electrons. The van der Waals surface area contributed by atoms with Crippen LogP contribution in [0.5, 0.6) is 0 Å². The van der Waals surface area contributed by atoms with E-state index >= 15 is 0 Å². The van der Waals surface area contributed by atoms with E-state index in [-0.39, 0.29) is 16.6 Å². The van der Waals surface area contributed by atoms with Crippen LogP contribution in [0.15, 0.2) is 66.1 Å². The Balaban J connectivity index is 1.58. The highest BCUT2D eigenvalue weighted by Gasteiger charge is 2.46. The molecule has 7 heteroatoms. The summed E-state index contributed by atoms with van der Waals surface area (Å²) in [5.74, 6) is 0. The molecule has 2 aromatic rings. The monoisotopic (exact) mass is 372 g/mol. The molecule has 2 atom stereocenters. The van der Waals surface area contributed by atoms with Crippen LogP contribution in [0, 0.1) is 10.1 Å². The number of nitrogens with zero attached hydrogens (tertiary/aromatic N) is 2. The Morgan fingerprint density at radius 3 is 2.50 bits per heavy atom. The SMILES string of the molecule is C=C(CCCC1CN1S(=O)(=O)c1ccccc1[N+](=O)[O-])c1ccccc1. The lowest BCUT2D eigenvalue weighted by atomic mass is 10.0. The minimum Gasteiger partial charge on any atom is -0.258 e. The predicted octanol–water partition coefficient (Wildman–Crippen LogP) is 3.85. The van der Waals surface area contributed by atoms with Crippen molar-refractivity contribution < 1.29 is 13.3 Å². The number of hydrogen-bond donors (Lipinski definition) is 0. The number of benzene rings is 2. The first-order valence-corrected chi connectivity index (χ1v) is 9.83. The molecule has 136 valence electrons. The third kappa shape index (κ3) is 3.84. The summed E-state index contributed by atoms with van der Waals surface area (Å²) in [5, 5.41) is 11.1. The lowest BCUT2D eigenvalue weighted by molar-refractivity contribution is -0.387. The molecule has 1 heterocycles. The maximum absolute atomic E-state index is 12.7. The summed E-state index contributed by atoms with van der Waals surface area (Å²) in [4.78, 5) is 10.2. The Morgan fingerprint density at radius 1 is 1.15 bits per heavy atom. The molecule has 0 aliphatic carbocycles. The van der Waals surface area contributed by atoms with Gasteiger partial charge in [-0.3, -0.25) is 10.1 Å². The van der Waals surface area contributed by atoms with Crippen LogP contribution in [-0.2, 0) is 10.0 Å². The molecule has 0 saturated carbocycles. The molecule has 26 heavy (non-hydrogen) atoms. The highest BCUT2D eigenvalue weighted by molar-refractivity contribution is 7.89. The number of sulfonamides is 1. The highest BCUT2D eigenvalue weighted by Crippen LogP contribution is 2.35. The molecule has 0 amide bonds. The van der Waals surface area contributed by atoms with Crippen LogP contribution in [0.2, 0.25) is 0 Å². The molecule has 1 aliphatic heterocycles. The van der Waals surface area contributed by atoms with E-state index in [9.17, 15) is 18.5 Å². The first kappa shape index (κ1) is 18.3. The molecule has 0 N–H and O–H groups in total. The van der Waals surface area contributed by atoms with Gasteiger partial charge in [-0.05, 0) is 36.5 Å². The summed E-state index contributed by atoms with van der Waals surface area (Å²) in [6.07, 6.45) is 2.33. The molecular formula is C19H20N2O4S. The van der Waals surface area contributed by atoms with Crippen molar-refractivity contribution in [3.63, 3.8) is 0 Å². The van der Waals surface area contributed by atoms with Gasteiger partial charge in [0, 0.05) is 18.7 Å². The zero-order chi connectivity index (χ0) is 18.7. The van der Waals surface area contributed by atoms with Crippen LogP contribution in [0.25, 0.3) is 5.57 Å². The fourth-order valence-corrected chi connectivity index (χ4v) is 4.79. The van der Waals surface area contributed by atoms with Crippen molar-refractivity contribution in [2.75, 3.05) is 6.54 Å². The Kier molecular flexibility index (Phi) is 5.20. The summed E-state index contributed by atoms with van der Waals surface area (Å²) >= 11 is 0. The van der Waals surface area contributed by atoms with E-state index in [1.54, 1.807) is 0 Å². The first-order chi connectivity index (χ1) is 12.4. The van der Waals surface area contributed by atoms with Gasteiger partial charge in [0.15, 0.2) is 4.90 Å². The molecule has 1 fully saturated rings. The fourth-order valence-electron chi connectivity index (χ4n) is 3.01. The van der Waals surface area contributed by atoms with Crippen LogP contribution in [0.1, 0.15) is 24.8 Å². The maximum atomic E-state index is 12.7. The quantitative estimate of drug-likeness (QED) is 0.400. The largest absolute Gasteiger partial charge is 0.289 e. The standard InChI is InChI=1S/C19H20N2O4S/c1-15(16-9-3-2-4-10-16)8-7-11-17-14-20(17)26(24,25)19-13-6-5-12-18(19)21(22)23/h2-6,9-10,12-13,17H,1,7-8,11,14H2. The lowest BCUT2D eigenvalue weighted by Crippen LogP contribution is -2.16. The number of rotatable bonds is 8. The van der Waals surface area contributed by atoms with E-state index in [4.69, 9.17) is 0 Å². The van der Waals surface area contributed by atoms with E-state index in [2.05, 4.69) is 6.58 Å². The van der Waals surface area contributed by atoms with E-state index in [1.165, 1.54) is 28.6 Å². The summed E-state index contributed by atoms with van der Waals surface area (Å²) in [5.41, 5.74) is 1.74.